The molecule has 0 radical (unpaired) electrons. The van der Waals surface area contributed by atoms with Gasteiger partial charge < -0.3 is 4.74 Å². The highest BCUT2D eigenvalue weighted by atomic mass is 35.5. The van der Waals surface area contributed by atoms with Crippen LogP contribution in [0.1, 0.15) is 36.6 Å². The van der Waals surface area contributed by atoms with Gasteiger partial charge in [0.05, 0.1) is 5.60 Å². The van der Waals surface area contributed by atoms with Gasteiger partial charge in [0.15, 0.2) is 0 Å². The standard InChI is InChI=1S/C16H15ClO/c1-16(2)14-6-4-3-5-13(14)15(18-16)11-7-9-12(17)10-8-11/h3-10,15H,1-2H3/t15-/m0/s1. The van der Waals surface area contributed by atoms with Gasteiger partial charge in [-0.15, -0.1) is 0 Å². The molecule has 18 heavy (non-hydrogen) atoms. The van der Waals surface area contributed by atoms with Crippen LogP contribution in [0.3, 0.4) is 0 Å². The van der Waals surface area contributed by atoms with E-state index in [1.807, 2.05) is 24.3 Å². The summed E-state index contributed by atoms with van der Waals surface area (Å²) in [5.41, 5.74) is 3.44. The van der Waals surface area contributed by atoms with Gasteiger partial charge in [-0.05, 0) is 42.7 Å². The minimum absolute atomic E-state index is 0.00784. The third-order valence-electron chi connectivity index (χ3n) is 3.48. The molecule has 0 unspecified atom stereocenters. The van der Waals surface area contributed by atoms with E-state index in [2.05, 4.69) is 38.1 Å². The smallest absolute Gasteiger partial charge is 0.109 e. The van der Waals surface area contributed by atoms with Crippen LogP contribution in [0.2, 0.25) is 5.02 Å². The molecule has 0 bridgehead atoms. The molecule has 1 atom stereocenters. The molecule has 0 aromatic heterocycles. The summed E-state index contributed by atoms with van der Waals surface area (Å²) in [6.07, 6.45) is 0.00784. The topological polar surface area (TPSA) is 9.23 Å². The Morgan fingerprint density at radius 3 is 2.39 bits per heavy atom. The van der Waals surface area contributed by atoms with Crippen LogP contribution in [0.5, 0.6) is 0 Å². The predicted octanol–water partition coefficient (Wildman–Crippen LogP) is 4.69. The Kier molecular flexibility index (Phi) is 2.69. The summed E-state index contributed by atoms with van der Waals surface area (Å²) in [7, 11) is 0. The first-order valence-corrected chi connectivity index (χ1v) is 6.48. The zero-order chi connectivity index (χ0) is 12.8. The van der Waals surface area contributed by atoms with Gasteiger partial charge in [-0.3, -0.25) is 0 Å². The molecule has 92 valence electrons. The summed E-state index contributed by atoms with van der Waals surface area (Å²) in [5, 5.41) is 0.754. The average Bonchev–Trinajstić information content (AvgIpc) is 2.63. The molecule has 2 aromatic rings. The van der Waals surface area contributed by atoms with Crippen LogP contribution in [0.4, 0.5) is 0 Å². The number of halogens is 1. The lowest BCUT2D eigenvalue weighted by Crippen LogP contribution is -2.15. The van der Waals surface area contributed by atoms with Crippen LogP contribution < -0.4 is 0 Å². The number of ether oxygens (including phenoxy) is 1. The van der Waals surface area contributed by atoms with Gasteiger partial charge in [0, 0.05) is 5.02 Å². The number of hydrogen-bond acceptors (Lipinski definition) is 1. The molecular weight excluding hydrogens is 244 g/mol. The van der Waals surface area contributed by atoms with Gasteiger partial charge in [0.1, 0.15) is 6.10 Å². The van der Waals surface area contributed by atoms with E-state index in [-0.39, 0.29) is 11.7 Å². The first-order chi connectivity index (χ1) is 8.58. The lowest BCUT2D eigenvalue weighted by Gasteiger charge is -2.20. The lowest BCUT2D eigenvalue weighted by molar-refractivity contribution is -0.0340. The van der Waals surface area contributed by atoms with Crippen molar-refractivity contribution in [3.8, 4) is 0 Å². The highest BCUT2D eigenvalue weighted by Crippen LogP contribution is 2.45. The van der Waals surface area contributed by atoms with Crippen molar-refractivity contribution >= 4 is 11.6 Å². The third-order valence-corrected chi connectivity index (χ3v) is 3.73. The number of rotatable bonds is 1. The Labute approximate surface area is 112 Å². The number of hydrogen-bond donors (Lipinski definition) is 0. The van der Waals surface area contributed by atoms with Crippen LogP contribution in [0.15, 0.2) is 48.5 Å². The maximum atomic E-state index is 6.20. The molecule has 0 saturated carbocycles. The van der Waals surface area contributed by atoms with Crippen molar-refractivity contribution < 1.29 is 4.74 Å². The molecule has 1 nitrogen and oxygen atoms in total. The molecule has 3 rings (SSSR count). The highest BCUT2D eigenvalue weighted by Gasteiger charge is 2.37. The molecule has 0 saturated heterocycles. The Bertz CT molecular complexity index is 572. The highest BCUT2D eigenvalue weighted by molar-refractivity contribution is 6.30. The Morgan fingerprint density at radius 1 is 1.00 bits per heavy atom. The SMILES string of the molecule is CC1(C)O[C@@H](c2ccc(Cl)cc2)c2ccccc21. The van der Waals surface area contributed by atoms with Gasteiger partial charge in [-0.2, -0.15) is 0 Å². The molecule has 2 aromatic carbocycles. The van der Waals surface area contributed by atoms with E-state index < -0.39 is 0 Å². The zero-order valence-corrected chi connectivity index (χ0v) is 11.2. The van der Waals surface area contributed by atoms with Crippen molar-refractivity contribution in [2.45, 2.75) is 25.6 Å². The van der Waals surface area contributed by atoms with Crippen molar-refractivity contribution in [1.29, 1.82) is 0 Å². The third kappa shape index (κ3) is 1.84. The first kappa shape index (κ1) is 11.8. The Hall–Kier alpha value is -1.31. The van der Waals surface area contributed by atoms with Gasteiger partial charge in [0.2, 0.25) is 0 Å². The average molecular weight is 259 g/mol. The quantitative estimate of drug-likeness (QED) is 0.721. The summed E-state index contributed by atoms with van der Waals surface area (Å²) in [4.78, 5) is 0. The first-order valence-electron chi connectivity index (χ1n) is 6.10. The predicted molar refractivity (Wildman–Crippen MR) is 73.8 cm³/mol. The summed E-state index contributed by atoms with van der Waals surface area (Å²) < 4.78 is 6.20. The number of benzene rings is 2. The van der Waals surface area contributed by atoms with Gasteiger partial charge >= 0.3 is 0 Å². The van der Waals surface area contributed by atoms with E-state index in [1.54, 1.807) is 0 Å². The van der Waals surface area contributed by atoms with Crippen LogP contribution >= 0.6 is 11.6 Å². The Morgan fingerprint density at radius 2 is 1.67 bits per heavy atom. The minimum atomic E-state index is -0.235. The fourth-order valence-corrected chi connectivity index (χ4v) is 2.71. The van der Waals surface area contributed by atoms with E-state index in [9.17, 15) is 0 Å². The van der Waals surface area contributed by atoms with E-state index >= 15 is 0 Å². The van der Waals surface area contributed by atoms with Crippen molar-refractivity contribution in [3.05, 3.63) is 70.2 Å². The zero-order valence-electron chi connectivity index (χ0n) is 10.5. The van der Waals surface area contributed by atoms with Crippen LogP contribution in [-0.2, 0) is 10.3 Å². The molecule has 0 aliphatic carbocycles. The van der Waals surface area contributed by atoms with E-state index in [0.717, 1.165) is 10.6 Å². The van der Waals surface area contributed by atoms with Crippen LogP contribution in [0, 0.1) is 0 Å². The second-order valence-corrected chi connectivity index (χ2v) is 5.58. The second-order valence-electron chi connectivity index (χ2n) is 5.15. The molecule has 0 fully saturated rings. The van der Waals surface area contributed by atoms with Gasteiger partial charge in [-0.25, -0.2) is 0 Å². The summed E-state index contributed by atoms with van der Waals surface area (Å²) in [6, 6.07) is 16.3. The number of fused-ring (bicyclic) bond motifs is 1. The normalized spacial score (nSPS) is 20.7. The fourth-order valence-electron chi connectivity index (χ4n) is 2.58. The molecule has 0 amide bonds. The largest absolute Gasteiger partial charge is 0.358 e. The van der Waals surface area contributed by atoms with E-state index in [1.165, 1.54) is 11.1 Å². The van der Waals surface area contributed by atoms with Crippen LogP contribution in [-0.4, -0.2) is 0 Å². The van der Waals surface area contributed by atoms with Crippen molar-refractivity contribution in [2.24, 2.45) is 0 Å². The molecule has 1 aliphatic heterocycles. The second kappa shape index (κ2) is 4.11. The molecule has 2 heteroatoms. The van der Waals surface area contributed by atoms with Crippen LogP contribution in [0.25, 0.3) is 0 Å². The van der Waals surface area contributed by atoms with Gasteiger partial charge in [0.25, 0.3) is 0 Å². The molecule has 1 heterocycles. The fraction of sp³-hybridized carbons (Fsp3) is 0.250. The molecule has 0 N–H and O–H groups in total. The summed E-state index contributed by atoms with van der Waals surface area (Å²) >= 11 is 5.93. The Balaban J connectivity index is 2.08. The van der Waals surface area contributed by atoms with E-state index in [4.69, 9.17) is 16.3 Å². The lowest BCUT2D eigenvalue weighted by atomic mass is 9.93. The molecule has 0 spiro atoms. The molecule has 1 aliphatic rings. The summed E-state index contributed by atoms with van der Waals surface area (Å²) in [5.74, 6) is 0. The maximum absolute atomic E-state index is 6.20. The van der Waals surface area contributed by atoms with Gasteiger partial charge in [-0.1, -0.05) is 48.0 Å². The maximum Gasteiger partial charge on any atom is 0.109 e. The van der Waals surface area contributed by atoms with Crippen molar-refractivity contribution in [2.75, 3.05) is 0 Å². The van der Waals surface area contributed by atoms with Crippen molar-refractivity contribution in [3.63, 3.8) is 0 Å². The van der Waals surface area contributed by atoms with Crippen molar-refractivity contribution in [1.82, 2.24) is 0 Å². The van der Waals surface area contributed by atoms with E-state index in [0.29, 0.717) is 0 Å². The monoisotopic (exact) mass is 258 g/mol. The minimum Gasteiger partial charge on any atom is -0.358 e. The summed E-state index contributed by atoms with van der Waals surface area (Å²) in [6.45, 7) is 4.23. The molecular formula is C16H15ClO.